The van der Waals surface area contributed by atoms with Crippen molar-refractivity contribution in [3.63, 3.8) is 0 Å². The van der Waals surface area contributed by atoms with E-state index in [4.69, 9.17) is 4.74 Å². The number of anilines is 1. The van der Waals surface area contributed by atoms with Crippen molar-refractivity contribution in [1.82, 2.24) is 9.88 Å². The highest BCUT2D eigenvalue weighted by atomic mass is 32.1. The molecular weight excluding hydrogens is 400 g/mol. The van der Waals surface area contributed by atoms with Crippen molar-refractivity contribution in [2.75, 3.05) is 18.9 Å². The van der Waals surface area contributed by atoms with Crippen LogP contribution in [0.25, 0.3) is 6.08 Å². The van der Waals surface area contributed by atoms with Gasteiger partial charge < -0.3 is 15.0 Å². The van der Waals surface area contributed by atoms with E-state index in [1.807, 2.05) is 32.9 Å². The second kappa shape index (κ2) is 9.21. The van der Waals surface area contributed by atoms with Gasteiger partial charge in [0.1, 0.15) is 10.6 Å². The summed E-state index contributed by atoms with van der Waals surface area (Å²) in [6.07, 6.45) is 8.70. The second-order valence-electron chi connectivity index (χ2n) is 7.89. The largest absolute Gasteiger partial charge is 0.444 e. The molecule has 1 aliphatic rings. The van der Waals surface area contributed by atoms with Gasteiger partial charge in [-0.05, 0) is 50.5 Å². The monoisotopic (exact) mass is 426 g/mol. The highest BCUT2D eigenvalue weighted by Gasteiger charge is 2.29. The molecule has 158 valence electrons. The van der Waals surface area contributed by atoms with Crippen LogP contribution in [0.4, 0.5) is 9.80 Å². The van der Waals surface area contributed by atoms with Crippen LogP contribution >= 0.6 is 11.3 Å². The SMILES string of the molecule is CN=Cc1c(NC(=O)/C=C/c2cccnc2)sc2c1CCN(C(=O)OC(C)(C)C)C2. The van der Waals surface area contributed by atoms with Crippen LogP contribution in [0.3, 0.4) is 0 Å². The van der Waals surface area contributed by atoms with Crippen molar-refractivity contribution in [3.05, 3.63) is 52.2 Å². The first kappa shape index (κ1) is 21.7. The van der Waals surface area contributed by atoms with E-state index < -0.39 is 5.60 Å². The smallest absolute Gasteiger partial charge is 0.410 e. The number of hydrogen-bond acceptors (Lipinski definition) is 6. The summed E-state index contributed by atoms with van der Waals surface area (Å²) in [5.41, 5.74) is 2.34. The van der Waals surface area contributed by atoms with Crippen molar-refractivity contribution < 1.29 is 14.3 Å². The Morgan fingerprint density at radius 3 is 2.83 bits per heavy atom. The van der Waals surface area contributed by atoms with E-state index in [1.165, 1.54) is 17.4 Å². The number of carbonyl (C=O) groups excluding carboxylic acids is 2. The fourth-order valence-electron chi connectivity index (χ4n) is 3.07. The molecule has 0 saturated carbocycles. The lowest BCUT2D eigenvalue weighted by molar-refractivity contribution is -0.111. The van der Waals surface area contributed by atoms with E-state index >= 15 is 0 Å². The molecule has 1 aliphatic heterocycles. The van der Waals surface area contributed by atoms with Crippen LogP contribution in [0.1, 0.15) is 42.3 Å². The standard InChI is InChI=1S/C22H26N4O3S/c1-22(2,3)29-21(28)26-11-9-16-17(13-23-4)20(30-18(16)14-26)25-19(27)8-7-15-6-5-10-24-12-15/h5-8,10,12-13H,9,11,14H2,1-4H3,(H,25,27)/b8-7+,23-13?. The first-order valence-corrected chi connectivity index (χ1v) is 10.5. The quantitative estimate of drug-likeness (QED) is 0.588. The Kier molecular flexibility index (Phi) is 6.66. The van der Waals surface area contributed by atoms with Crippen molar-refractivity contribution in [2.45, 2.75) is 39.3 Å². The third-order valence-corrected chi connectivity index (χ3v) is 5.50. The van der Waals surface area contributed by atoms with Crippen LogP contribution in [0.15, 0.2) is 35.6 Å². The fourth-order valence-corrected chi connectivity index (χ4v) is 4.31. The minimum atomic E-state index is -0.535. The number of ether oxygens (including phenoxy) is 1. The van der Waals surface area contributed by atoms with Crippen LogP contribution < -0.4 is 5.32 Å². The Balaban J connectivity index is 1.76. The molecule has 2 amide bonds. The molecule has 2 aromatic rings. The average molecular weight is 427 g/mol. The van der Waals surface area contributed by atoms with Crippen molar-refractivity contribution in [1.29, 1.82) is 0 Å². The molecule has 0 aromatic carbocycles. The highest BCUT2D eigenvalue weighted by Crippen LogP contribution is 2.36. The average Bonchev–Trinajstić information content (AvgIpc) is 3.02. The molecule has 0 unspecified atom stereocenters. The van der Waals surface area contributed by atoms with Gasteiger partial charge >= 0.3 is 6.09 Å². The lowest BCUT2D eigenvalue weighted by atomic mass is 10.0. The first-order chi connectivity index (χ1) is 14.3. The Hall–Kier alpha value is -3.00. The number of thiophene rings is 1. The van der Waals surface area contributed by atoms with E-state index in [2.05, 4.69) is 15.3 Å². The Labute approximate surface area is 180 Å². The molecule has 30 heavy (non-hydrogen) atoms. The molecular formula is C22H26N4O3S. The minimum absolute atomic E-state index is 0.229. The van der Waals surface area contributed by atoms with Gasteiger partial charge in [-0.3, -0.25) is 14.8 Å². The van der Waals surface area contributed by atoms with Gasteiger partial charge in [0.05, 0.1) is 6.54 Å². The molecule has 0 spiro atoms. The summed E-state index contributed by atoms with van der Waals surface area (Å²) < 4.78 is 5.50. The predicted molar refractivity (Wildman–Crippen MR) is 120 cm³/mol. The summed E-state index contributed by atoms with van der Waals surface area (Å²) in [5.74, 6) is -0.229. The van der Waals surface area contributed by atoms with Crippen LogP contribution in [-0.2, 0) is 22.5 Å². The maximum absolute atomic E-state index is 12.4. The highest BCUT2D eigenvalue weighted by molar-refractivity contribution is 7.17. The van der Waals surface area contributed by atoms with E-state index in [-0.39, 0.29) is 12.0 Å². The number of nitrogens with one attached hydrogen (secondary N) is 1. The maximum Gasteiger partial charge on any atom is 0.410 e. The number of rotatable bonds is 4. The molecule has 7 nitrogen and oxygen atoms in total. The van der Waals surface area contributed by atoms with Crippen molar-refractivity contribution in [3.8, 4) is 0 Å². The molecule has 8 heteroatoms. The zero-order valence-electron chi connectivity index (χ0n) is 17.6. The van der Waals surface area contributed by atoms with Gasteiger partial charge in [-0.15, -0.1) is 11.3 Å². The minimum Gasteiger partial charge on any atom is -0.444 e. The summed E-state index contributed by atoms with van der Waals surface area (Å²) >= 11 is 1.47. The van der Waals surface area contributed by atoms with E-state index in [0.29, 0.717) is 19.5 Å². The zero-order valence-corrected chi connectivity index (χ0v) is 18.5. The van der Waals surface area contributed by atoms with Gasteiger partial charge in [-0.25, -0.2) is 4.79 Å². The second-order valence-corrected chi connectivity index (χ2v) is 9.00. The molecule has 1 N–H and O–H groups in total. The number of hydrogen-bond donors (Lipinski definition) is 1. The molecule has 3 heterocycles. The third kappa shape index (κ3) is 5.54. The normalized spacial score (nSPS) is 14.2. The van der Waals surface area contributed by atoms with Crippen LogP contribution in [-0.4, -0.2) is 47.3 Å². The van der Waals surface area contributed by atoms with Crippen LogP contribution in [0.5, 0.6) is 0 Å². The Morgan fingerprint density at radius 2 is 2.17 bits per heavy atom. The van der Waals surface area contributed by atoms with Gasteiger partial charge in [-0.2, -0.15) is 0 Å². The van der Waals surface area contributed by atoms with E-state index in [9.17, 15) is 9.59 Å². The zero-order chi connectivity index (χ0) is 21.7. The molecule has 0 bridgehead atoms. The predicted octanol–water partition coefficient (Wildman–Crippen LogP) is 4.14. The van der Waals surface area contributed by atoms with E-state index in [1.54, 1.807) is 36.6 Å². The summed E-state index contributed by atoms with van der Waals surface area (Å²) in [6.45, 7) is 6.59. The Morgan fingerprint density at radius 1 is 1.37 bits per heavy atom. The topological polar surface area (TPSA) is 83.9 Å². The summed E-state index contributed by atoms with van der Waals surface area (Å²) in [5, 5.41) is 3.69. The Bertz CT molecular complexity index is 974. The lowest BCUT2D eigenvalue weighted by Crippen LogP contribution is -2.39. The van der Waals surface area contributed by atoms with Gasteiger partial charge in [0.2, 0.25) is 5.91 Å². The van der Waals surface area contributed by atoms with Gasteiger partial charge in [0.25, 0.3) is 0 Å². The maximum atomic E-state index is 12.4. The van der Waals surface area contributed by atoms with Crippen LogP contribution in [0, 0.1) is 0 Å². The summed E-state index contributed by atoms with van der Waals surface area (Å²) in [6, 6.07) is 3.69. The number of nitrogens with zero attached hydrogens (tertiary/aromatic N) is 3. The first-order valence-electron chi connectivity index (χ1n) is 9.70. The molecule has 0 radical (unpaired) electrons. The van der Waals surface area contributed by atoms with E-state index in [0.717, 1.165) is 26.6 Å². The lowest BCUT2D eigenvalue weighted by Gasteiger charge is -2.30. The number of fused-ring (bicyclic) bond motifs is 1. The van der Waals surface area contributed by atoms with Crippen LogP contribution in [0.2, 0.25) is 0 Å². The number of amides is 2. The summed E-state index contributed by atoms with van der Waals surface area (Å²) in [4.78, 5) is 35.8. The molecule has 0 saturated heterocycles. The molecule has 0 fully saturated rings. The number of aliphatic imine (C=N–C) groups is 1. The molecule has 3 rings (SSSR count). The molecule has 0 aliphatic carbocycles. The summed E-state index contributed by atoms with van der Waals surface area (Å²) in [7, 11) is 1.70. The van der Waals surface area contributed by atoms with Crippen molar-refractivity contribution in [2.24, 2.45) is 4.99 Å². The molecule has 2 aromatic heterocycles. The fraction of sp³-hybridized carbons (Fsp3) is 0.364. The number of carbonyl (C=O) groups is 2. The molecule has 0 atom stereocenters. The van der Waals surface area contributed by atoms with Gasteiger partial charge in [0, 0.05) is 48.7 Å². The number of aromatic nitrogens is 1. The van der Waals surface area contributed by atoms with Gasteiger partial charge in [0.15, 0.2) is 0 Å². The number of pyridine rings is 1. The van der Waals surface area contributed by atoms with Crippen molar-refractivity contribution >= 4 is 40.6 Å². The third-order valence-electron chi connectivity index (χ3n) is 4.36. The van der Waals surface area contributed by atoms with Gasteiger partial charge in [-0.1, -0.05) is 6.07 Å².